The third-order valence-electron chi connectivity index (χ3n) is 4.03. The van der Waals surface area contributed by atoms with Gasteiger partial charge in [-0.15, -0.1) is 0 Å². The first kappa shape index (κ1) is 16.6. The fourth-order valence-corrected chi connectivity index (χ4v) is 2.76. The van der Waals surface area contributed by atoms with Crippen molar-refractivity contribution in [2.24, 2.45) is 11.7 Å². The van der Waals surface area contributed by atoms with Gasteiger partial charge in [0.15, 0.2) is 0 Å². The standard InChI is InChI=1S/C17H26N2O3/c1-21-15-6-8-16(9-7-15)22-11-3-10-19-17(20)13-4-2-5-14(18)12-13/h6-9,13-14H,2-5,10-12,18H2,1H3,(H,19,20). The first-order chi connectivity index (χ1) is 10.7. The molecule has 2 rings (SSSR count). The number of carbonyl (C=O) groups is 1. The lowest BCUT2D eigenvalue weighted by Crippen LogP contribution is -2.38. The van der Waals surface area contributed by atoms with Crippen LogP contribution in [0.5, 0.6) is 11.5 Å². The smallest absolute Gasteiger partial charge is 0.223 e. The zero-order valence-electron chi connectivity index (χ0n) is 13.2. The zero-order valence-corrected chi connectivity index (χ0v) is 13.2. The van der Waals surface area contributed by atoms with E-state index in [4.69, 9.17) is 15.2 Å². The Kier molecular flexibility index (Phi) is 6.52. The van der Waals surface area contributed by atoms with Crippen LogP contribution in [-0.2, 0) is 4.79 Å². The molecule has 0 saturated heterocycles. The van der Waals surface area contributed by atoms with E-state index in [0.29, 0.717) is 13.2 Å². The van der Waals surface area contributed by atoms with Gasteiger partial charge in [0.2, 0.25) is 5.91 Å². The van der Waals surface area contributed by atoms with E-state index in [1.54, 1.807) is 7.11 Å². The summed E-state index contributed by atoms with van der Waals surface area (Å²) in [5, 5.41) is 2.98. The molecule has 1 amide bonds. The van der Waals surface area contributed by atoms with Crippen LogP contribution in [-0.4, -0.2) is 32.2 Å². The molecule has 0 radical (unpaired) electrons. The molecule has 1 fully saturated rings. The van der Waals surface area contributed by atoms with Crippen molar-refractivity contribution < 1.29 is 14.3 Å². The molecule has 0 aliphatic heterocycles. The molecule has 1 aromatic carbocycles. The predicted molar refractivity (Wildman–Crippen MR) is 86.0 cm³/mol. The summed E-state index contributed by atoms with van der Waals surface area (Å²) in [4.78, 5) is 12.0. The summed E-state index contributed by atoms with van der Waals surface area (Å²) in [5.74, 6) is 1.85. The third-order valence-corrected chi connectivity index (χ3v) is 4.03. The van der Waals surface area contributed by atoms with Crippen LogP contribution in [0.1, 0.15) is 32.1 Å². The topological polar surface area (TPSA) is 73.6 Å². The summed E-state index contributed by atoms with van der Waals surface area (Å²) < 4.78 is 10.7. The summed E-state index contributed by atoms with van der Waals surface area (Å²) in [6, 6.07) is 7.66. The van der Waals surface area contributed by atoms with Crippen molar-refractivity contribution in [1.82, 2.24) is 5.32 Å². The number of ether oxygens (including phenoxy) is 2. The molecule has 22 heavy (non-hydrogen) atoms. The van der Waals surface area contributed by atoms with Crippen LogP contribution in [0.4, 0.5) is 0 Å². The monoisotopic (exact) mass is 306 g/mol. The van der Waals surface area contributed by atoms with Crippen molar-refractivity contribution in [2.45, 2.75) is 38.1 Å². The van der Waals surface area contributed by atoms with Gasteiger partial charge in [0.25, 0.3) is 0 Å². The number of hydrogen-bond acceptors (Lipinski definition) is 4. The van der Waals surface area contributed by atoms with Gasteiger partial charge in [-0.3, -0.25) is 4.79 Å². The van der Waals surface area contributed by atoms with E-state index in [1.165, 1.54) is 0 Å². The van der Waals surface area contributed by atoms with Crippen molar-refractivity contribution in [3.05, 3.63) is 24.3 Å². The van der Waals surface area contributed by atoms with Crippen LogP contribution in [0.25, 0.3) is 0 Å². The summed E-state index contributed by atoms with van der Waals surface area (Å²) in [6.07, 6.45) is 4.66. The van der Waals surface area contributed by atoms with Gasteiger partial charge in [-0.2, -0.15) is 0 Å². The number of benzene rings is 1. The minimum atomic E-state index is 0.0891. The maximum atomic E-state index is 12.0. The molecule has 1 aliphatic carbocycles. The predicted octanol–water partition coefficient (Wildman–Crippen LogP) is 2.10. The molecule has 0 aromatic heterocycles. The van der Waals surface area contributed by atoms with E-state index in [1.807, 2.05) is 24.3 Å². The highest BCUT2D eigenvalue weighted by molar-refractivity contribution is 5.78. The van der Waals surface area contributed by atoms with Crippen LogP contribution in [0.2, 0.25) is 0 Å². The second-order valence-electron chi connectivity index (χ2n) is 5.79. The third kappa shape index (κ3) is 5.22. The Morgan fingerprint density at radius 1 is 1.27 bits per heavy atom. The van der Waals surface area contributed by atoms with Crippen LogP contribution < -0.4 is 20.5 Å². The average Bonchev–Trinajstić information content (AvgIpc) is 2.55. The van der Waals surface area contributed by atoms with Gasteiger partial charge in [0.1, 0.15) is 11.5 Å². The molecular formula is C17H26N2O3. The van der Waals surface area contributed by atoms with Crippen LogP contribution in [0.3, 0.4) is 0 Å². The van der Waals surface area contributed by atoms with E-state index in [-0.39, 0.29) is 17.9 Å². The molecule has 5 heteroatoms. The second kappa shape index (κ2) is 8.63. The Morgan fingerprint density at radius 2 is 2.00 bits per heavy atom. The van der Waals surface area contributed by atoms with Crippen LogP contribution in [0, 0.1) is 5.92 Å². The molecule has 2 unspecified atom stereocenters. The van der Waals surface area contributed by atoms with Gasteiger partial charge in [0.05, 0.1) is 13.7 Å². The maximum absolute atomic E-state index is 12.0. The number of amides is 1. The molecule has 5 nitrogen and oxygen atoms in total. The van der Waals surface area contributed by atoms with Gasteiger partial charge in [-0.1, -0.05) is 6.42 Å². The molecule has 1 aromatic rings. The summed E-state index contributed by atoms with van der Waals surface area (Å²) in [7, 11) is 1.64. The summed E-state index contributed by atoms with van der Waals surface area (Å²) >= 11 is 0. The van der Waals surface area contributed by atoms with E-state index in [9.17, 15) is 4.79 Å². The second-order valence-corrected chi connectivity index (χ2v) is 5.79. The Hall–Kier alpha value is -1.75. The van der Waals surface area contributed by atoms with E-state index in [0.717, 1.165) is 43.6 Å². The largest absolute Gasteiger partial charge is 0.497 e. The first-order valence-corrected chi connectivity index (χ1v) is 7.99. The van der Waals surface area contributed by atoms with E-state index in [2.05, 4.69) is 5.32 Å². The number of nitrogens with one attached hydrogen (secondary N) is 1. The zero-order chi connectivity index (χ0) is 15.8. The molecule has 0 bridgehead atoms. The highest BCUT2D eigenvalue weighted by atomic mass is 16.5. The van der Waals surface area contributed by atoms with Gasteiger partial charge < -0.3 is 20.5 Å². The van der Waals surface area contributed by atoms with Crippen LogP contribution in [0.15, 0.2) is 24.3 Å². The Bertz CT molecular complexity index is 461. The lowest BCUT2D eigenvalue weighted by Gasteiger charge is -2.25. The summed E-state index contributed by atoms with van der Waals surface area (Å²) in [6.45, 7) is 1.22. The molecule has 122 valence electrons. The van der Waals surface area contributed by atoms with Crippen molar-refractivity contribution in [3.63, 3.8) is 0 Å². The Morgan fingerprint density at radius 3 is 2.68 bits per heavy atom. The van der Waals surface area contributed by atoms with Gasteiger partial charge in [-0.05, 0) is 49.9 Å². The minimum Gasteiger partial charge on any atom is -0.497 e. The Balaban J connectivity index is 1.59. The van der Waals surface area contributed by atoms with Crippen LogP contribution >= 0.6 is 0 Å². The van der Waals surface area contributed by atoms with Crippen molar-refractivity contribution >= 4 is 5.91 Å². The molecule has 2 atom stereocenters. The lowest BCUT2D eigenvalue weighted by molar-refractivity contribution is -0.126. The molecule has 1 saturated carbocycles. The number of hydrogen-bond donors (Lipinski definition) is 2. The van der Waals surface area contributed by atoms with Crippen molar-refractivity contribution in [2.75, 3.05) is 20.3 Å². The Labute approximate surface area is 132 Å². The molecular weight excluding hydrogens is 280 g/mol. The molecule has 1 aliphatic rings. The number of methoxy groups -OCH3 is 1. The van der Waals surface area contributed by atoms with Gasteiger partial charge in [-0.25, -0.2) is 0 Å². The number of carbonyl (C=O) groups excluding carboxylic acids is 1. The highest BCUT2D eigenvalue weighted by Crippen LogP contribution is 2.23. The fraction of sp³-hybridized carbons (Fsp3) is 0.588. The van der Waals surface area contributed by atoms with Crippen molar-refractivity contribution in [3.8, 4) is 11.5 Å². The van der Waals surface area contributed by atoms with Gasteiger partial charge >= 0.3 is 0 Å². The molecule has 0 spiro atoms. The first-order valence-electron chi connectivity index (χ1n) is 7.99. The maximum Gasteiger partial charge on any atom is 0.223 e. The highest BCUT2D eigenvalue weighted by Gasteiger charge is 2.24. The SMILES string of the molecule is COc1ccc(OCCCNC(=O)C2CCCC(N)C2)cc1. The fourth-order valence-electron chi connectivity index (χ4n) is 2.76. The number of rotatable bonds is 7. The quantitative estimate of drug-likeness (QED) is 0.757. The average molecular weight is 306 g/mol. The molecule has 0 heterocycles. The summed E-state index contributed by atoms with van der Waals surface area (Å²) in [5.41, 5.74) is 5.92. The van der Waals surface area contributed by atoms with Gasteiger partial charge in [0, 0.05) is 18.5 Å². The van der Waals surface area contributed by atoms with E-state index < -0.39 is 0 Å². The van der Waals surface area contributed by atoms with E-state index >= 15 is 0 Å². The normalized spacial score (nSPS) is 21.2. The lowest BCUT2D eigenvalue weighted by atomic mass is 9.85. The minimum absolute atomic E-state index is 0.0891. The van der Waals surface area contributed by atoms with Crippen molar-refractivity contribution in [1.29, 1.82) is 0 Å². The molecule has 3 N–H and O–H groups in total. The number of nitrogens with two attached hydrogens (primary N) is 1.